The molecule has 1 atom stereocenters. The van der Waals surface area contributed by atoms with Crippen LogP contribution in [0.15, 0.2) is 30.3 Å². The normalized spacial score (nSPS) is 13.5. The molecule has 0 aliphatic rings. The van der Waals surface area contributed by atoms with Crippen LogP contribution in [0, 0.1) is 0 Å². The Balaban J connectivity index is 2.60. The molecule has 0 fully saturated rings. The zero-order valence-corrected chi connectivity index (χ0v) is 12.9. The fourth-order valence-corrected chi connectivity index (χ4v) is 2.29. The molecule has 1 unspecified atom stereocenters. The van der Waals surface area contributed by atoms with E-state index in [4.69, 9.17) is 4.74 Å². The van der Waals surface area contributed by atoms with E-state index >= 15 is 0 Å². The van der Waals surface area contributed by atoms with Gasteiger partial charge in [-0.2, -0.15) is 0 Å². The molecule has 19 heavy (non-hydrogen) atoms. The molecular formula is C17H29NO. The quantitative estimate of drug-likeness (QED) is 0.716. The number of benzene rings is 1. The van der Waals surface area contributed by atoms with Gasteiger partial charge >= 0.3 is 0 Å². The van der Waals surface area contributed by atoms with Gasteiger partial charge in [-0.1, -0.05) is 50.1 Å². The van der Waals surface area contributed by atoms with Gasteiger partial charge in [-0.05, 0) is 32.8 Å². The Bertz CT molecular complexity index is 334. The highest BCUT2D eigenvalue weighted by Crippen LogP contribution is 2.20. The highest BCUT2D eigenvalue weighted by molar-refractivity contribution is 5.18. The second-order valence-corrected chi connectivity index (χ2v) is 5.68. The van der Waals surface area contributed by atoms with Crippen molar-refractivity contribution in [2.75, 3.05) is 13.2 Å². The Morgan fingerprint density at radius 1 is 1.16 bits per heavy atom. The van der Waals surface area contributed by atoms with Crippen LogP contribution in [0.3, 0.4) is 0 Å². The van der Waals surface area contributed by atoms with Gasteiger partial charge in [0, 0.05) is 19.2 Å². The maximum Gasteiger partial charge on any atom is 0.0750 e. The van der Waals surface area contributed by atoms with Gasteiger partial charge in [-0.15, -0.1) is 0 Å². The number of hydrogen-bond donors (Lipinski definition) is 1. The van der Waals surface area contributed by atoms with Gasteiger partial charge in [-0.3, -0.25) is 0 Å². The highest BCUT2D eigenvalue weighted by Gasteiger charge is 2.20. The van der Waals surface area contributed by atoms with Crippen molar-refractivity contribution in [3.8, 4) is 0 Å². The van der Waals surface area contributed by atoms with Gasteiger partial charge in [0.25, 0.3) is 0 Å². The molecule has 1 aromatic carbocycles. The Kier molecular flexibility index (Phi) is 7.11. The molecule has 0 heterocycles. The van der Waals surface area contributed by atoms with E-state index < -0.39 is 0 Å². The highest BCUT2D eigenvalue weighted by atomic mass is 16.5. The molecule has 0 saturated carbocycles. The van der Waals surface area contributed by atoms with Crippen LogP contribution < -0.4 is 5.32 Å². The summed E-state index contributed by atoms with van der Waals surface area (Å²) in [7, 11) is 0. The van der Waals surface area contributed by atoms with Crippen LogP contribution in [0.25, 0.3) is 0 Å². The van der Waals surface area contributed by atoms with Gasteiger partial charge < -0.3 is 10.1 Å². The molecule has 0 spiro atoms. The number of unbranched alkanes of at least 4 members (excludes halogenated alkanes) is 1. The average molecular weight is 263 g/mol. The predicted molar refractivity (Wildman–Crippen MR) is 82.4 cm³/mol. The standard InChI is InChI=1S/C17H29NO/c1-5-7-13-16(15-11-9-8-10-12-15)18-14-17(3,4)19-6-2/h8-12,16,18H,5-7,13-14H2,1-4H3. The van der Waals surface area contributed by atoms with E-state index in [1.54, 1.807) is 0 Å². The Morgan fingerprint density at radius 2 is 1.84 bits per heavy atom. The van der Waals surface area contributed by atoms with E-state index in [2.05, 4.69) is 56.4 Å². The summed E-state index contributed by atoms with van der Waals surface area (Å²) in [5.41, 5.74) is 1.27. The van der Waals surface area contributed by atoms with Crippen molar-refractivity contribution >= 4 is 0 Å². The second kappa shape index (κ2) is 8.34. The first kappa shape index (κ1) is 16.2. The third-order valence-corrected chi connectivity index (χ3v) is 3.36. The molecule has 108 valence electrons. The van der Waals surface area contributed by atoms with Crippen LogP contribution in [0.4, 0.5) is 0 Å². The molecule has 2 nitrogen and oxygen atoms in total. The minimum absolute atomic E-state index is 0.103. The van der Waals surface area contributed by atoms with Crippen molar-refractivity contribution in [3.05, 3.63) is 35.9 Å². The molecule has 0 bridgehead atoms. The average Bonchev–Trinajstić information content (AvgIpc) is 2.40. The number of ether oxygens (including phenoxy) is 1. The summed E-state index contributed by atoms with van der Waals surface area (Å²) in [6.45, 7) is 10.2. The molecule has 1 N–H and O–H groups in total. The molecule has 2 heteroatoms. The summed E-state index contributed by atoms with van der Waals surface area (Å²) >= 11 is 0. The van der Waals surface area contributed by atoms with Gasteiger partial charge in [0.15, 0.2) is 0 Å². The van der Waals surface area contributed by atoms with Crippen molar-refractivity contribution in [1.29, 1.82) is 0 Å². The molecular weight excluding hydrogens is 234 g/mol. The molecule has 1 aromatic rings. The summed E-state index contributed by atoms with van der Waals surface area (Å²) in [5, 5.41) is 3.67. The maximum atomic E-state index is 5.76. The first-order valence-electron chi connectivity index (χ1n) is 7.51. The third-order valence-electron chi connectivity index (χ3n) is 3.36. The fraction of sp³-hybridized carbons (Fsp3) is 0.647. The van der Waals surface area contributed by atoms with Crippen LogP contribution in [-0.2, 0) is 4.74 Å². The molecule has 0 radical (unpaired) electrons. The van der Waals surface area contributed by atoms with E-state index in [9.17, 15) is 0 Å². The van der Waals surface area contributed by atoms with Crippen LogP contribution in [0.1, 0.15) is 58.6 Å². The fourth-order valence-electron chi connectivity index (χ4n) is 2.29. The summed E-state index contributed by atoms with van der Waals surface area (Å²) in [6.07, 6.45) is 3.67. The Labute approximate surface area is 118 Å². The minimum Gasteiger partial charge on any atom is -0.375 e. The summed E-state index contributed by atoms with van der Waals surface area (Å²) in [6, 6.07) is 11.2. The Morgan fingerprint density at radius 3 is 2.42 bits per heavy atom. The molecule has 0 amide bonds. The topological polar surface area (TPSA) is 21.3 Å². The first-order valence-corrected chi connectivity index (χ1v) is 7.51. The van der Waals surface area contributed by atoms with Crippen molar-refractivity contribution in [2.24, 2.45) is 0 Å². The number of rotatable bonds is 9. The van der Waals surface area contributed by atoms with Crippen molar-refractivity contribution in [3.63, 3.8) is 0 Å². The smallest absolute Gasteiger partial charge is 0.0750 e. The van der Waals surface area contributed by atoms with Crippen molar-refractivity contribution in [2.45, 2.75) is 58.6 Å². The van der Waals surface area contributed by atoms with E-state index in [1.165, 1.54) is 24.8 Å². The van der Waals surface area contributed by atoms with Gasteiger partial charge in [-0.25, -0.2) is 0 Å². The van der Waals surface area contributed by atoms with Crippen LogP contribution in [0.2, 0.25) is 0 Å². The molecule has 0 aromatic heterocycles. The van der Waals surface area contributed by atoms with E-state index in [0.717, 1.165) is 13.2 Å². The maximum absolute atomic E-state index is 5.76. The van der Waals surface area contributed by atoms with Gasteiger partial charge in [0.05, 0.1) is 5.60 Å². The lowest BCUT2D eigenvalue weighted by atomic mass is 10.00. The van der Waals surface area contributed by atoms with E-state index in [0.29, 0.717) is 6.04 Å². The Hall–Kier alpha value is -0.860. The zero-order valence-electron chi connectivity index (χ0n) is 12.9. The van der Waals surface area contributed by atoms with Gasteiger partial charge in [0.1, 0.15) is 0 Å². The molecule has 0 aliphatic heterocycles. The van der Waals surface area contributed by atoms with Crippen molar-refractivity contribution < 1.29 is 4.74 Å². The lowest BCUT2D eigenvalue weighted by molar-refractivity contribution is -0.0108. The van der Waals surface area contributed by atoms with Crippen molar-refractivity contribution in [1.82, 2.24) is 5.32 Å². The first-order chi connectivity index (χ1) is 9.09. The lowest BCUT2D eigenvalue weighted by Crippen LogP contribution is -2.39. The second-order valence-electron chi connectivity index (χ2n) is 5.68. The molecule has 1 rings (SSSR count). The van der Waals surface area contributed by atoms with E-state index in [-0.39, 0.29) is 5.60 Å². The van der Waals surface area contributed by atoms with Crippen LogP contribution in [-0.4, -0.2) is 18.8 Å². The SMILES string of the molecule is CCCCC(NCC(C)(C)OCC)c1ccccc1. The lowest BCUT2D eigenvalue weighted by Gasteiger charge is -2.28. The van der Waals surface area contributed by atoms with E-state index in [1.807, 2.05) is 6.92 Å². The zero-order chi connectivity index (χ0) is 14.1. The summed E-state index contributed by atoms with van der Waals surface area (Å²) in [4.78, 5) is 0. The van der Waals surface area contributed by atoms with Crippen LogP contribution >= 0.6 is 0 Å². The summed E-state index contributed by atoms with van der Waals surface area (Å²) in [5.74, 6) is 0. The molecule has 0 aliphatic carbocycles. The number of nitrogens with one attached hydrogen (secondary N) is 1. The monoisotopic (exact) mass is 263 g/mol. The third kappa shape index (κ3) is 6.22. The largest absolute Gasteiger partial charge is 0.375 e. The molecule has 0 saturated heterocycles. The number of hydrogen-bond acceptors (Lipinski definition) is 2. The predicted octanol–water partition coefficient (Wildman–Crippen LogP) is 4.32. The minimum atomic E-state index is -0.103. The summed E-state index contributed by atoms with van der Waals surface area (Å²) < 4.78 is 5.76. The van der Waals surface area contributed by atoms with Gasteiger partial charge in [0.2, 0.25) is 0 Å². The van der Waals surface area contributed by atoms with Crippen LogP contribution in [0.5, 0.6) is 0 Å².